The van der Waals surface area contributed by atoms with Crippen LogP contribution in [0.15, 0.2) is 110 Å². The maximum absolute atomic E-state index is 13.0. The molecule has 0 radical (unpaired) electrons. The maximum atomic E-state index is 13.0. The van der Waals surface area contributed by atoms with Crippen LogP contribution in [0.2, 0.25) is 0 Å². The van der Waals surface area contributed by atoms with Crippen LogP contribution in [-0.2, 0) is 18.1 Å². The average molecular weight is 554 g/mol. The number of hydrogen-bond acceptors (Lipinski definition) is 8. The Morgan fingerprint density at radius 1 is 0.538 bits per heavy atom. The number of aliphatic hydroxyl groups excluding tert-OH is 3. The molecule has 0 aliphatic heterocycles. The Bertz CT molecular complexity index is 1010. The Labute approximate surface area is 230 Å². The Balaban J connectivity index is 0.000000455. The van der Waals surface area contributed by atoms with E-state index in [2.05, 4.69) is 0 Å². The zero-order valence-electron chi connectivity index (χ0n) is 21.7. The maximum Gasteiger partial charge on any atom is 0.645 e. The lowest BCUT2D eigenvalue weighted by molar-refractivity contribution is 0.136. The van der Waals surface area contributed by atoms with Crippen molar-refractivity contribution in [3.63, 3.8) is 0 Å². The van der Waals surface area contributed by atoms with Gasteiger partial charge in [0.25, 0.3) is 0 Å². The molecule has 9 heteroatoms. The molecule has 0 aliphatic carbocycles. The van der Waals surface area contributed by atoms with Crippen LogP contribution in [-0.4, -0.2) is 59.7 Å². The molecule has 39 heavy (non-hydrogen) atoms. The molecule has 0 bridgehead atoms. The van der Waals surface area contributed by atoms with Crippen LogP contribution < -0.4 is 0 Å². The summed E-state index contributed by atoms with van der Waals surface area (Å²) in [7, 11) is -3.89. The predicted molar refractivity (Wildman–Crippen MR) is 155 cm³/mol. The van der Waals surface area contributed by atoms with E-state index in [1.165, 1.54) is 18.8 Å². The summed E-state index contributed by atoms with van der Waals surface area (Å²) in [5.74, 6) is 0. The topological polar surface area (TPSA) is 109 Å². The third-order valence-electron chi connectivity index (χ3n) is 5.00. The molecular weight excluding hydrogens is 517 g/mol. The van der Waals surface area contributed by atoms with Crippen molar-refractivity contribution in [3.8, 4) is 0 Å². The van der Waals surface area contributed by atoms with Gasteiger partial charge in [0, 0.05) is 19.6 Å². The van der Waals surface area contributed by atoms with Gasteiger partial charge in [-0.05, 0) is 34.9 Å². The van der Waals surface area contributed by atoms with Crippen molar-refractivity contribution in [2.75, 3.05) is 39.5 Å². The minimum Gasteiger partial charge on any atom is -0.395 e. The van der Waals surface area contributed by atoms with Crippen LogP contribution in [0.5, 0.6) is 0 Å². The zero-order chi connectivity index (χ0) is 28.0. The molecule has 3 aromatic rings. The highest BCUT2D eigenvalue weighted by molar-refractivity contribution is 7.48. The Hall–Kier alpha value is -3.65. The zero-order valence-corrected chi connectivity index (χ0v) is 22.6. The minimum atomic E-state index is -3.89. The number of benzene rings is 3. The van der Waals surface area contributed by atoms with E-state index in [0.29, 0.717) is 19.6 Å². The summed E-state index contributed by atoms with van der Waals surface area (Å²) in [4.78, 5) is 1.79. The van der Waals surface area contributed by atoms with Gasteiger partial charge in [0.1, 0.15) is 0 Å². The van der Waals surface area contributed by atoms with Gasteiger partial charge in [0.15, 0.2) is 0 Å². The molecule has 3 N–H and O–H groups in total. The highest BCUT2D eigenvalue weighted by Crippen LogP contribution is 2.50. The SMILES string of the molecule is O=P(OC=Cc1ccccc1)(OC=Cc1ccccc1)OC=Cc1ccccc1.OCCN(CCO)CCO. The van der Waals surface area contributed by atoms with Crippen LogP contribution in [0, 0.1) is 0 Å². The second kappa shape index (κ2) is 19.4. The molecule has 0 atom stereocenters. The summed E-state index contributed by atoms with van der Waals surface area (Å²) in [5.41, 5.74) is 2.70. The number of aliphatic hydroxyl groups is 3. The van der Waals surface area contributed by atoms with E-state index in [1.807, 2.05) is 91.0 Å². The van der Waals surface area contributed by atoms with Crippen LogP contribution >= 0.6 is 7.82 Å². The Morgan fingerprint density at radius 2 is 0.821 bits per heavy atom. The lowest BCUT2D eigenvalue weighted by atomic mass is 10.2. The molecule has 0 spiro atoms. The third-order valence-corrected chi connectivity index (χ3v) is 6.14. The number of nitrogens with zero attached hydrogens (tertiary/aromatic N) is 1. The largest absolute Gasteiger partial charge is 0.645 e. The summed E-state index contributed by atoms with van der Waals surface area (Å²) < 4.78 is 29.0. The highest BCUT2D eigenvalue weighted by atomic mass is 31.2. The van der Waals surface area contributed by atoms with Crippen LogP contribution in [0.4, 0.5) is 0 Å². The first kappa shape index (κ1) is 31.6. The second-order valence-electron chi connectivity index (χ2n) is 7.92. The minimum absolute atomic E-state index is 0.0694. The average Bonchev–Trinajstić information content (AvgIpc) is 2.96. The van der Waals surface area contributed by atoms with Crippen LogP contribution in [0.25, 0.3) is 18.2 Å². The van der Waals surface area contributed by atoms with Gasteiger partial charge in [-0.3, -0.25) is 4.90 Å². The first-order chi connectivity index (χ1) is 19.1. The monoisotopic (exact) mass is 553 g/mol. The van der Waals surface area contributed by atoms with E-state index in [9.17, 15) is 4.57 Å². The second-order valence-corrected chi connectivity index (χ2v) is 9.44. The van der Waals surface area contributed by atoms with Gasteiger partial charge in [-0.2, -0.15) is 4.57 Å². The lowest BCUT2D eigenvalue weighted by Gasteiger charge is -2.17. The number of hydrogen-bond donors (Lipinski definition) is 3. The molecule has 0 aromatic heterocycles. The fourth-order valence-electron chi connectivity index (χ4n) is 3.08. The van der Waals surface area contributed by atoms with E-state index >= 15 is 0 Å². The summed E-state index contributed by atoms with van der Waals surface area (Å²) in [6.45, 7) is 1.75. The molecule has 0 heterocycles. The van der Waals surface area contributed by atoms with Gasteiger partial charge < -0.3 is 28.9 Å². The van der Waals surface area contributed by atoms with E-state index in [1.54, 1.807) is 23.1 Å². The molecule has 0 unspecified atom stereocenters. The predicted octanol–water partition coefficient (Wildman–Crippen LogP) is 5.42. The van der Waals surface area contributed by atoms with Crippen molar-refractivity contribution < 1.29 is 33.5 Å². The molecule has 0 saturated heterocycles. The highest BCUT2D eigenvalue weighted by Gasteiger charge is 2.27. The van der Waals surface area contributed by atoms with E-state index in [-0.39, 0.29) is 19.8 Å². The Morgan fingerprint density at radius 3 is 1.08 bits per heavy atom. The van der Waals surface area contributed by atoms with E-state index in [4.69, 9.17) is 28.9 Å². The van der Waals surface area contributed by atoms with Gasteiger partial charge in [-0.15, -0.1) is 0 Å². The fourth-order valence-corrected chi connectivity index (χ4v) is 3.86. The van der Waals surface area contributed by atoms with Crippen molar-refractivity contribution in [2.45, 2.75) is 0 Å². The summed E-state index contributed by atoms with van der Waals surface area (Å²) in [6, 6.07) is 28.5. The Kier molecular flexibility index (Phi) is 15.7. The molecule has 0 saturated carbocycles. The van der Waals surface area contributed by atoms with Crippen molar-refractivity contribution in [1.82, 2.24) is 4.90 Å². The first-order valence-electron chi connectivity index (χ1n) is 12.4. The van der Waals surface area contributed by atoms with E-state index < -0.39 is 7.82 Å². The van der Waals surface area contributed by atoms with Crippen molar-refractivity contribution in [2.24, 2.45) is 0 Å². The van der Waals surface area contributed by atoms with Crippen LogP contribution in [0.3, 0.4) is 0 Å². The summed E-state index contributed by atoms with van der Waals surface area (Å²) in [6.07, 6.45) is 8.97. The van der Waals surface area contributed by atoms with E-state index in [0.717, 1.165) is 16.7 Å². The van der Waals surface area contributed by atoms with Gasteiger partial charge in [-0.25, -0.2) is 0 Å². The molecule has 0 amide bonds. The quantitative estimate of drug-likeness (QED) is 0.169. The van der Waals surface area contributed by atoms with Crippen LogP contribution in [0.1, 0.15) is 16.7 Å². The number of phosphoric ester groups is 1. The molecule has 0 aliphatic rings. The first-order valence-corrected chi connectivity index (χ1v) is 13.9. The summed E-state index contributed by atoms with van der Waals surface area (Å²) in [5, 5.41) is 25.5. The van der Waals surface area contributed by atoms with Gasteiger partial charge in [-0.1, -0.05) is 91.0 Å². The lowest BCUT2D eigenvalue weighted by Crippen LogP contribution is -2.32. The molecule has 8 nitrogen and oxygen atoms in total. The normalized spacial score (nSPS) is 12.8. The van der Waals surface area contributed by atoms with Gasteiger partial charge in [0.05, 0.1) is 38.6 Å². The van der Waals surface area contributed by atoms with Crippen molar-refractivity contribution in [3.05, 3.63) is 126 Å². The third kappa shape index (κ3) is 14.2. The molecule has 0 fully saturated rings. The smallest absolute Gasteiger partial charge is 0.395 e. The fraction of sp³-hybridized carbons (Fsp3) is 0.200. The molecule has 208 valence electrons. The standard InChI is InChI=1S/C24H21O4P.C6H15NO3/c25-29(26-19-16-22-10-4-1-5-11-22,27-20-17-23-12-6-2-7-13-23)28-21-18-24-14-8-3-9-15-24;8-4-1-7(2-5-9)3-6-10/h1-21H;8-10H,1-6H2. The number of phosphoric acid groups is 1. The van der Waals surface area contributed by atoms with Gasteiger partial charge in [0.2, 0.25) is 0 Å². The molecule has 3 aromatic carbocycles. The summed E-state index contributed by atoms with van der Waals surface area (Å²) >= 11 is 0. The van der Waals surface area contributed by atoms with Gasteiger partial charge >= 0.3 is 7.82 Å². The van der Waals surface area contributed by atoms with Crippen molar-refractivity contribution in [1.29, 1.82) is 0 Å². The van der Waals surface area contributed by atoms with Crippen molar-refractivity contribution >= 4 is 26.1 Å². The molecule has 3 rings (SSSR count). The number of rotatable bonds is 15. The molecular formula is C30H36NO7P.